The zero-order valence-electron chi connectivity index (χ0n) is 12.3. The normalized spacial score (nSPS) is 12.7. The van der Waals surface area contributed by atoms with Gasteiger partial charge in [0, 0.05) is 19.3 Å². The van der Waals surface area contributed by atoms with Gasteiger partial charge in [-0.05, 0) is 19.8 Å². The molecule has 0 spiro atoms. The minimum Gasteiger partial charge on any atom is -0.465 e. The average Bonchev–Trinajstić information content (AvgIpc) is 2.32. The SMILES string of the molecule is CCCCCOCCC(NC(C)C)C(=O)OCC. The summed E-state index contributed by atoms with van der Waals surface area (Å²) in [4.78, 5) is 11.7. The van der Waals surface area contributed by atoms with Gasteiger partial charge in [0.2, 0.25) is 0 Å². The predicted molar refractivity (Wildman–Crippen MR) is 73.7 cm³/mol. The number of nitrogens with one attached hydrogen (secondary N) is 1. The van der Waals surface area contributed by atoms with E-state index in [0.717, 1.165) is 13.0 Å². The van der Waals surface area contributed by atoms with Gasteiger partial charge in [0.15, 0.2) is 0 Å². The molecule has 0 fully saturated rings. The first-order valence-corrected chi connectivity index (χ1v) is 7.12. The highest BCUT2D eigenvalue weighted by Crippen LogP contribution is 2.01. The van der Waals surface area contributed by atoms with Gasteiger partial charge < -0.3 is 14.8 Å². The molecule has 0 aromatic carbocycles. The number of carbonyl (C=O) groups is 1. The Morgan fingerprint density at radius 1 is 1.17 bits per heavy atom. The van der Waals surface area contributed by atoms with Crippen molar-refractivity contribution in [2.75, 3.05) is 19.8 Å². The largest absolute Gasteiger partial charge is 0.465 e. The van der Waals surface area contributed by atoms with Crippen LogP contribution in [0.2, 0.25) is 0 Å². The van der Waals surface area contributed by atoms with Gasteiger partial charge in [-0.25, -0.2) is 0 Å². The third-order valence-corrected chi connectivity index (χ3v) is 2.55. The Morgan fingerprint density at radius 2 is 1.89 bits per heavy atom. The van der Waals surface area contributed by atoms with Crippen LogP contribution in [0.25, 0.3) is 0 Å². The van der Waals surface area contributed by atoms with Crippen LogP contribution in [-0.4, -0.2) is 37.9 Å². The molecule has 18 heavy (non-hydrogen) atoms. The lowest BCUT2D eigenvalue weighted by atomic mass is 10.2. The third kappa shape index (κ3) is 9.42. The van der Waals surface area contributed by atoms with Crippen molar-refractivity contribution in [2.24, 2.45) is 0 Å². The number of carbonyl (C=O) groups excluding carboxylic acids is 1. The Bertz CT molecular complexity index is 207. The second kappa shape index (κ2) is 11.5. The number of esters is 1. The standard InChI is InChI=1S/C14H29NO3/c1-5-7-8-10-17-11-9-13(15-12(3)4)14(16)18-6-2/h12-13,15H,5-11H2,1-4H3. The maximum absolute atomic E-state index is 11.7. The van der Waals surface area contributed by atoms with E-state index in [9.17, 15) is 4.79 Å². The van der Waals surface area contributed by atoms with Crippen LogP contribution < -0.4 is 5.32 Å². The Kier molecular flexibility index (Phi) is 11.1. The number of hydrogen-bond donors (Lipinski definition) is 1. The monoisotopic (exact) mass is 259 g/mol. The van der Waals surface area contributed by atoms with Crippen LogP contribution in [0, 0.1) is 0 Å². The average molecular weight is 259 g/mol. The lowest BCUT2D eigenvalue weighted by Crippen LogP contribution is -2.42. The van der Waals surface area contributed by atoms with Gasteiger partial charge in [0.1, 0.15) is 6.04 Å². The van der Waals surface area contributed by atoms with Crippen LogP contribution >= 0.6 is 0 Å². The van der Waals surface area contributed by atoms with Crippen molar-refractivity contribution in [1.82, 2.24) is 5.32 Å². The summed E-state index contributed by atoms with van der Waals surface area (Å²) in [5, 5.41) is 3.21. The highest BCUT2D eigenvalue weighted by molar-refractivity contribution is 5.75. The van der Waals surface area contributed by atoms with E-state index in [1.807, 2.05) is 20.8 Å². The molecule has 0 bridgehead atoms. The molecule has 4 nitrogen and oxygen atoms in total. The van der Waals surface area contributed by atoms with Gasteiger partial charge in [-0.3, -0.25) is 4.79 Å². The number of hydrogen-bond acceptors (Lipinski definition) is 4. The molecule has 108 valence electrons. The molecule has 0 aliphatic rings. The minimum absolute atomic E-state index is 0.177. The van der Waals surface area contributed by atoms with Crippen molar-refractivity contribution < 1.29 is 14.3 Å². The van der Waals surface area contributed by atoms with Crippen LogP contribution in [0.15, 0.2) is 0 Å². The van der Waals surface area contributed by atoms with Crippen molar-refractivity contribution in [2.45, 2.75) is 65.5 Å². The van der Waals surface area contributed by atoms with Crippen LogP contribution in [0.4, 0.5) is 0 Å². The zero-order chi connectivity index (χ0) is 13.8. The van der Waals surface area contributed by atoms with E-state index < -0.39 is 0 Å². The summed E-state index contributed by atoms with van der Waals surface area (Å²) in [5.41, 5.74) is 0. The second-order valence-corrected chi connectivity index (χ2v) is 4.73. The van der Waals surface area contributed by atoms with Gasteiger partial charge in [-0.1, -0.05) is 33.6 Å². The first kappa shape index (κ1) is 17.4. The molecule has 4 heteroatoms. The fourth-order valence-electron chi connectivity index (χ4n) is 1.67. The van der Waals surface area contributed by atoms with E-state index in [-0.39, 0.29) is 18.1 Å². The lowest BCUT2D eigenvalue weighted by molar-refractivity contribution is -0.146. The summed E-state index contributed by atoms with van der Waals surface area (Å²) >= 11 is 0. The summed E-state index contributed by atoms with van der Waals surface area (Å²) in [5.74, 6) is -0.177. The van der Waals surface area contributed by atoms with Crippen LogP contribution in [0.5, 0.6) is 0 Å². The molecule has 1 unspecified atom stereocenters. The first-order chi connectivity index (χ1) is 8.61. The summed E-state index contributed by atoms with van der Waals surface area (Å²) in [6.45, 7) is 9.85. The zero-order valence-corrected chi connectivity index (χ0v) is 12.3. The Labute approximate surface area is 111 Å². The predicted octanol–water partition coefficient (Wildman–Crippen LogP) is 2.51. The molecule has 1 atom stereocenters. The maximum Gasteiger partial charge on any atom is 0.323 e. The molecular weight excluding hydrogens is 230 g/mol. The summed E-state index contributed by atoms with van der Waals surface area (Å²) < 4.78 is 10.6. The molecule has 0 aliphatic heterocycles. The van der Waals surface area contributed by atoms with Crippen molar-refractivity contribution in [1.29, 1.82) is 0 Å². The topological polar surface area (TPSA) is 47.6 Å². The molecule has 0 aliphatic carbocycles. The highest BCUT2D eigenvalue weighted by atomic mass is 16.5. The Balaban J connectivity index is 3.82. The molecule has 0 aromatic rings. The Morgan fingerprint density at radius 3 is 2.44 bits per heavy atom. The fourth-order valence-corrected chi connectivity index (χ4v) is 1.67. The van der Waals surface area contributed by atoms with E-state index in [0.29, 0.717) is 19.6 Å². The van der Waals surface area contributed by atoms with Crippen LogP contribution in [0.3, 0.4) is 0 Å². The van der Waals surface area contributed by atoms with Gasteiger partial charge >= 0.3 is 5.97 Å². The van der Waals surface area contributed by atoms with Gasteiger partial charge in [-0.15, -0.1) is 0 Å². The highest BCUT2D eigenvalue weighted by Gasteiger charge is 2.19. The first-order valence-electron chi connectivity index (χ1n) is 7.12. The summed E-state index contributed by atoms with van der Waals surface area (Å²) in [7, 11) is 0. The molecule has 0 rings (SSSR count). The molecule has 0 aromatic heterocycles. The van der Waals surface area contributed by atoms with Gasteiger partial charge in [-0.2, -0.15) is 0 Å². The van der Waals surface area contributed by atoms with Crippen molar-refractivity contribution >= 4 is 5.97 Å². The molecule has 0 saturated carbocycles. The summed E-state index contributed by atoms with van der Waals surface area (Å²) in [6.07, 6.45) is 4.16. The van der Waals surface area contributed by atoms with Crippen molar-refractivity contribution in [3.63, 3.8) is 0 Å². The van der Waals surface area contributed by atoms with Crippen molar-refractivity contribution in [3.8, 4) is 0 Å². The van der Waals surface area contributed by atoms with Crippen molar-refractivity contribution in [3.05, 3.63) is 0 Å². The lowest BCUT2D eigenvalue weighted by Gasteiger charge is -2.19. The van der Waals surface area contributed by atoms with Crippen LogP contribution in [-0.2, 0) is 14.3 Å². The molecule has 0 amide bonds. The summed E-state index contributed by atoms with van der Waals surface area (Å²) in [6, 6.07) is 0.00984. The quantitative estimate of drug-likeness (QED) is 0.457. The minimum atomic E-state index is -0.254. The van der Waals surface area contributed by atoms with Crippen LogP contribution in [0.1, 0.15) is 53.4 Å². The Hall–Kier alpha value is -0.610. The van der Waals surface area contributed by atoms with E-state index in [1.165, 1.54) is 12.8 Å². The van der Waals surface area contributed by atoms with E-state index in [4.69, 9.17) is 9.47 Å². The maximum atomic E-state index is 11.7. The van der Waals surface area contributed by atoms with E-state index in [2.05, 4.69) is 12.2 Å². The third-order valence-electron chi connectivity index (χ3n) is 2.55. The van der Waals surface area contributed by atoms with Gasteiger partial charge in [0.25, 0.3) is 0 Å². The van der Waals surface area contributed by atoms with Gasteiger partial charge in [0.05, 0.1) is 6.61 Å². The van der Waals surface area contributed by atoms with E-state index >= 15 is 0 Å². The number of rotatable bonds is 11. The number of unbranched alkanes of at least 4 members (excludes halogenated alkanes) is 2. The molecule has 0 heterocycles. The second-order valence-electron chi connectivity index (χ2n) is 4.73. The molecule has 1 N–H and O–H groups in total. The molecule has 0 radical (unpaired) electrons. The van der Waals surface area contributed by atoms with E-state index in [1.54, 1.807) is 0 Å². The molecular formula is C14H29NO3. The smallest absolute Gasteiger partial charge is 0.323 e. The molecule has 0 saturated heterocycles. The fraction of sp³-hybridized carbons (Fsp3) is 0.929. The number of ether oxygens (including phenoxy) is 2.